The van der Waals surface area contributed by atoms with Gasteiger partial charge in [0.05, 0.1) is 0 Å². The zero-order valence-corrected chi connectivity index (χ0v) is 8.16. The van der Waals surface area contributed by atoms with Crippen molar-refractivity contribution >= 4 is 0 Å². The molecule has 0 radical (unpaired) electrons. The van der Waals surface area contributed by atoms with Gasteiger partial charge in [0.25, 0.3) is 0 Å². The van der Waals surface area contributed by atoms with E-state index in [2.05, 4.69) is 42.7 Å². The molecule has 0 amide bonds. The van der Waals surface area contributed by atoms with Crippen LogP contribution in [0.5, 0.6) is 0 Å². The van der Waals surface area contributed by atoms with E-state index in [0.29, 0.717) is 0 Å². The lowest BCUT2D eigenvalue weighted by Gasteiger charge is -2.10. The molecular formula is C12H17N. The molecule has 1 fully saturated rings. The number of hydrogen-bond acceptors (Lipinski definition) is 1. The zero-order chi connectivity index (χ0) is 9.10. The van der Waals surface area contributed by atoms with Crippen LogP contribution in [0, 0.1) is 0 Å². The van der Waals surface area contributed by atoms with Crippen molar-refractivity contribution in [1.82, 2.24) is 5.32 Å². The quantitative estimate of drug-likeness (QED) is 0.728. The van der Waals surface area contributed by atoms with E-state index in [9.17, 15) is 0 Å². The summed E-state index contributed by atoms with van der Waals surface area (Å²) < 4.78 is 0. The van der Waals surface area contributed by atoms with E-state index in [0.717, 1.165) is 12.0 Å². The van der Waals surface area contributed by atoms with Gasteiger partial charge in [-0.1, -0.05) is 30.3 Å². The highest BCUT2D eigenvalue weighted by atomic mass is 14.9. The molecule has 1 aromatic carbocycles. The Balaban J connectivity index is 2.04. The van der Waals surface area contributed by atoms with Gasteiger partial charge in [-0.15, -0.1) is 0 Å². The van der Waals surface area contributed by atoms with Gasteiger partial charge in [-0.3, -0.25) is 0 Å². The minimum atomic E-state index is 0.741. The largest absolute Gasteiger partial charge is 0.317 e. The molecular weight excluding hydrogens is 158 g/mol. The van der Waals surface area contributed by atoms with E-state index >= 15 is 0 Å². The molecule has 70 valence electrons. The molecule has 13 heavy (non-hydrogen) atoms. The van der Waals surface area contributed by atoms with Gasteiger partial charge in [-0.25, -0.2) is 0 Å². The molecule has 1 nitrogen and oxygen atoms in total. The third kappa shape index (κ3) is 1.92. The second-order valence-electron chi connectivity index (χ2n) is 3.91. The molecule has 0 spiro atoms. The maximum atomic E-state index is 3.36. The predicted octanol–water partition coefficient (Wildman–Crippen LogP) is 2.54. The summed E-state index contributed by atoms with van der Waals surface area (Å²) in [5.41, 5.74) is 1.51. The minimum absolute atomic E-state index is 0.741. The molecule has 2 rings (SSSR count). The molecule has 1 N–H and O–H groups in total. The molecule has 1 saturated carbocycles. The van der Waals surface area contributed by atoms with Crippen LogP contribution in [0.2, 0.25) is 0 Å². The second-order valence-corrected chi connectivity index (χ2v) is 3.91. The van der Waals surface area contributed by atoms with Crippen LogP contribution in [0.3, 0.4) is 0 Å². The van der Waals surface area contributed by atoms with Crippen molar-refractivity contribution in [2.75, 3.05) is 7.05 Å². The second kappa shape index (κ2) is 3.93. The summed E-state index contributed by atoms with van der Waals surface area (Å²) in [4.78, 5) is 0. The van der Waals surface area contributed by atoms with E-state index < -0.39 is 0 Å². The average molecular weight is 175 g/mol. The molecule has 0 aliphatic heterocycles. The molecule has 0 heterocycles. The van der Waals surface area contributed by atoms with Gasteiger partial charge < -0.3 is 5.32 Å². The summed E-state index contributed by atoms with van der Waals surface area (Å²) in [5, 5.41) is 3.36. The van der Waals surface area contributed by atoms with E-state index in [4.69, 9.17) is 0 Å². The van der Waals surface area contributed by atoms with E-state index in [1.54, 1.807) is 0 Å². The first kappa shape index (κ1) is 8.76. The van der Waals surface area contributed by atoms with Crippen molar-refractivity contribution < 1.29 is 0 Å². The van der Waals surface area contributed by atoms with Crippen LogP contribution in [0.1, 0.15) is 30.7 Å². The summed E-state index contributed by atoms with van der Waals surface area (Å²) in [6, 6.07) is 11.6. The maximum absolute atomic E-state index is 3.36. The van der Waals surface area contributed by atoms with Gasteiger partial charge in [0.1, 0.15) is 0 Å². The smallest absolute Gasteiger partial charge is 0.00701 e. The van der Waals surface area contributed by atoms with E-state index in [-0.39, 0.29) is 0 Å². The Kier molecular flexibility index (Phi) is 2.65. The Hall–Kier alpha value is -0.820. The minimum Gasteiger partial charge on any atom is -0.317 e. The van der Waals surface area contributed by atoms with E-state index in [1.165, 1.54) is 24.8 Å². The van der Waals surface area contributed by atoms with Gasteiger partial charge in [-0.05, 0) is 37.8 Å². The lowest BCUT2D eigenvalue weighted by atomic mass is 9.98. The fourth-order valence-corrected chi connectivity index (χ4v) is 2.27. The Labute approximate surface area is 80.2 Å². The van der Waals surface area contributed by atoms with Crippen LogP contribution >= 0.6 is 0 Å². The number of hydrogen-bond donors (Lipinski definition) is 1. The van der Waals surface area contributed by atoms with Crippen molar-refractivity contribution in [3.63, 3.8) is 0 Å². The molecule has 2 atom stereocenters. The molecule has 0 aromatic heterocycles. The van der Waals surface area contributed by atoms with Gasteiger partial charge in [-0.2, -0.15) is 0 Å². The molecule has 0 bridgehead atoms. The van der Waals surface area contributed by atoms with Gasteiger partial charge in [0.15, 0.2) is 0 Å². The summed E-state index contributed by atoms with van der Waals surface area (Å²) in [6.07, 6.45) is 3.98. The number of rotatable bonds is 2. The van der Waals surface area contributed by atoms with Gasteiger partial charge in [0.2, 0.25) is 0 Å². The first-order chi connectivity index (χ1) is 6.40. The predicted molar refractivity (Wildman–Crippen MR) is 55.9 cm³/mol. The Morgan fingerprint density at radius 3 is 2.54 bits per heavy atom. The first-order valence-electron chi connectivity index (χ1n) is 5.12. The van der Waals surface area contributed by atoms with Crippen molar-refractivity contribution in [1.29, 1.82) is 0 Å². The van der Waals surface area contributed by atoms with Crippen LogP contribution in [-0.2, 0) is 0 Å². The van der Waals surface area contributed by atoms with Crippen LogP contribution in [-0.4, -0.2) is 13.1 Å². The highest BCUT2D eigenvalue weighted by Crippen LogP contribution is 2.33. The average Bonchev–Trinajstić information content (AvgIpc) is 2.67. The van der Waals surface area contributed by atoms with Crippen molar-refractivity contribution in [3.8, 4) is 0 Å². The summed E-state index contributed by atoms with van der Waals surface area (Å²) in [7, 11) is 2.07. The lowest BCUT2D eigenvalue weighted by molar-refractivity contribution is 0.572. The van der Waals surface area contributed by atoms with E-state index in [1.807, 2.05) is 0 Å². The fraction of sp³-hybridized carbons (Fsp3) is 0.500. The summed E-state index contributed by atoms with van der Waals surface area (Å²) in [5.74, 6) is 0.790. The Bertz CT molecular complexity index is 255. The molecule has 1 aliphatic rings. The van der Waals surface area contributed by atoms with Crippen LogP contribution in [0.25, 0.3) is 0 Å². The standard InChI is InChI=1S/C12H17N/c1-13-12-8-7-11(9-12)10-5-3-2-4-6-10/h2-6,11-13H,7-9H2,1H3. The fourth-order valence-electron chi connectivity index (χ4n) is 2.27. The highest BCUT2D eigenvalue weighted by molar-refractivity contribution is 5.20. The topological polar surface area (TPSA) is 12.0 Å². The van der Waals surface area contributed by atoms with Crippen molar-refractivity contribution in [3.05, 3.63) is 35.9 Å². The summed E-state index contributed by atoms with van der Waals surface area (Å²) >= 11 is 0. The molecule has 2 unspecified atom stereocenters. The third-order valence-corrected chi connectivity index (χ3v) is 3.11. The third-order valence-electron chi connectivity index (χ3n) is 3.11. The highest BCUT2D eigenvalue weighted by Gasteiger charge is 2.23. The summed E-state index contributed by atoms with van der Waals surface area (Å²) in [6.45, 7) is 0. The molecule has 0 saturated heterocycles. The van der Waals surface area contributed by atoms with Crippen LogP contribution < -0.4 is 5.32 Å². The zero-order valence-electron chi connectivity index (χ0n) is 8.16. The Morgan fingerprint density at radius 1 is 1.15 bits per heavy atom. The number of nitrogens with one attached hydrogen (secondary N) is 1. The molecule has 1 heteroatoms. The lowest BCUT2D eigenvalue weighted by Crippen LogP contribution is -2.21. The van der Waals surface area contributed by atoms with Crippen molar-refractivity contribution in [2.24, 2.45) is 0 Å². The van der Waals surface area contributed by atoms with Crippen LogP contribution in [0.15, 0.2) is 30.3 Å². The van der Waals surface area contributed by atoms with Gasteiger partial charge in [0, 0.05) is 6.04 Å². The SMILES string of the molecule is CNC1CCC(c2ccccc2)C1. The maximum Gasteiger partial charge on any atom is 0.00701 e. The van der Waals surface area contributed by atoms with Crippen LogP contribution in [0.4, 0.5) is 0 Å². The van der Waals surface area contributed by atoms with Crippen molar-refractivity contribution in [2.45, 2.75) is 31.2 Å². The van der Waals surface area contributed by atoms with Gasteiger partial charge >= 0.3 is 0 Å². The molecule has 1 aromatic rings. The number of benzene rings is 1. The monoisotopic (exact) mass is 175 g/mol. The molecule has 1 aliphatic carbocycles. The first-order valence-corrected chi connectivity index (χ1v) is 5.12. The Morgan fingerprint density at radius 2 is 1.92 bits per heavy atom. The normalized spacial score (nSPS) is 27.8.